The van der Waals surface area contributed by atoms with E-state index in [0.717, 1.165) is 5.56 Å². The molecule has 2 rings (SSSR count). The molecule has 1 heterocycles. The van der Waals surface area contributed by atoms with E-state index in [9.17, 15) is 4.39 Å². The van der Waals surface area contributed by atoms with Crippen molar-refractivity contribution in [2.75, 3.05) is 5.32 Å². The van der Waals surface area contributed by atoms with E-state index < -0.39 is 0 Å². The summed E-state index contributed by atoms with van der Waals surface area (Å²) in [6.07, 6.45) is 1.57. The van der Waals surface area contributed by atoms with Crippen molar-refractivity contribution in [1.82, 2.24) is 4.98 Å². The Hall–Kier alpha value is -2.63. The smallest absolute Gasteiger partial charge is 0.188 e. The fourth-order valence-electron chi connectivity index (χ4n) is 1.68. The molecule has 0 atom stereocenters. The summed E-state index contributed by atoms with van der Waals surface area (Å²) in [5, 5.41) is 14.6. The summed E-state index contributed by atoms with van der Waals surface area (Å²) in [7, 11) is 0. The molecule has 0 bridgehead atoms. The summed E-state index contributed by atoms with van der Waals surface area (Å²) in [5.41, 5.74) is 8.05. The van der Waals surface area contributed by atoms with Gasteiger partial charge in [0.25, 0.3) is 0 Å². The zero-order valence-electron chi connectivity index (χ0n) is 11.0. The number of pyridine rings is 1. The van der Waals surface area contributed by atoms with Crippen LogP contribution in [0.25, 0.3) is 0 Å². The summed E-state index contributed by atoms with van der Waals surface area (Å²) in [6.45, 7) is 2.20. The van der Waals surface area contributed by atoms with Gasteiger partial charge in [-0.15, -0.1) is 0 Å². The number of amidine groups is 1. The molecular weight excluding hydrogens is 259 g/mol. The molecule has 1 aromatic carbocycles. The van der Waals surface area contributed by atoms with E-state index in [4.69, 9.17) is 10.9 Å². The van der Waals surface area contributed by atoms with Crippen molar-refractivity contribution in [1.29, 1.82) is 0 Å². The highest BCUT2D eigenvalue weighted by Crippen LogP contribution is 2.14. The molecule has 0 saturated heterocycles. The van der Waals surface area contributed by atoms with Gasteiger partial charge in [0.1, 0.15) is 11.5 Å². The van der Waals surface area contributed by atoms with Crippen molar-refractivity contribution < 1.29 is 9.60 Å². The first-order valence-corrected chi connectivity index (χ1v) is 6.03. The van der Waals surface area contributed by atoms with Crippen LogP contribution in [0.3, 0.4) is 0 Å². The van der Waals surface area contributed by atoms with Crippen LogP contribution in [0.2, 0.25) is 0 Å². The lowest BCUT2D eigenvalue weighted by atomic mass is 10.2. The second-order valence-electron chi connectivity index (χ2n) is 4.35. The molecule has 0 aliphatic carbocycles. The van der Waals surface area contributed by atoms with Crippen LogP contribution in [0, 0.1) is 12.7 Å². The molecule has 0 saturated carbocycles. The van der Waals surface area contributed by atoms with Crippen LogP contribution in [0.1, 0.15) is 16.8 Å². The Morgan fingerprint density at radius 3 is 2.90 bits per heavy atom. The van der Waals surface area contributed by atoms with E-state index in [1.54, 1.807) is 31.3 Å². The molecule has 0 aliphatic rings. The van der Waals surface area contributed by atoms with Gasteiger partial charge in [0.15, 0.2) is 5.84 Å². The van der Waals surface area contributed by atoms with E-state index in [2.05, 4.69) is 15.5 Å². The number of rotatable bonds is 4. The quantitative estimate of drug-likeness (QED) is 0.345. The number of benzene rings is 1. The van der Waals surface area contributed by atoms with Crippen LogP contribution in [-0.2, 0) is 6.54 Å². The number of aryl methyl sites for hydroxylation is 1. The van der Waals surface area contributed by atoms with Crippen LogP contribution in [0.4, 0.5) is 10.1 Å². The van der Waals surface area contributed by atoms with Gasteiger partial charge in [-0.1, -0.05) is 11.2 Å². The Bertz CT molecular complexity index is 643. The fraction of sp³-hybridized carbons (Fsp3) is 0.143. The van der Waals surface area contributed by atoms with E-state index in [-0.39, 0.29) is 11.7 Å². The number of nitrogens with two attached hydrogens (primary N) is 1. The molecule has 0 fully saturated rings. The molecule has 1 aromatic heterocycles. The Morgan fingerprint density at radius 2 is 2.20 bits per heavy atom. The van der Waals surface area contributed by atoms with Crippen LogP contribution in [0.5, 0.6) is 0 Å². The normalized spacial score (nSPS) is 11.4. The second kappa shape index (κ2) is 6.01. The van der Waals surface area contributed by atoms with Gasteiger partial charge in [-0.3, -0.25) is 4.98 Å². The highest BCUT2D eigenvalue weighted by Gasteiger charge is 2.03. The Balaban J connectivity index is 2.09. The third-order valence-corrected chi connectivity index (χ3v) is 2.86. The first-order chi connectivity index (χ1) is 9.60. The SMILES string of the molecule is Cc1ccc(NCc2ccnc(C(N)=NO)c2)cc1F. The number of oxime groups is 1. The molecule has 0 amide bonds. The predicted molar refractivity (Wildman–Crippen MR) is 75.2 cm³/mol. The number of anilines is 1. The van der Waals surface area contributed by atoms with E-state index in [1.807, 2.05) is 6.07 Å². The summed E-state index contributed by atoms with van der Waals surface area (Å²) in [6, 6.07) is 8.47. The third-order valence-electron chi connectivity index (χ3n) is 2.86. The van der Waals surface area contributed by atoms with E-state index >= 15 is 0 Å². The Kier molecular flexibility index (Phi) is 4.14. The van der Waals surface area contributed by atoms with E-state index in [1.165, 1.54) is 6.07 Å². The Morgan fingerprint density at radius 1 is 1.40 bits per heavy atom. The molecule has 2 aromatic rings. The highest BCUT2D eigenvalue weighted by molar-refractivity contribution is 5.95. The molecule has 0 unspecified atom stereocenters. The molecular formula is C14H15FN4O. The van der Waals surface area contributed by atoms with Crippen molar-refractivity contribution >= 4 is 11.5 Å². The molecule has 104 valence electrons. The standard InChI is InChI=1S/C14H15FN4O/c1-9-2-3-11(7-12(9)15)18-8-10-4-5-17-13(6-10)14(16)19-20/h2-7,18,20H,8H2,1H3,(H2,16,19). The minimum absolute atomic E-state index is 0.0479. The average molecular weight is 274 g/mol. The van der Waals surface area contributed by atoms with Gasteiger partial charge >= 0.3 is 0 Å². The van der Waals surface area contributed by atoms with Crippen LogP contribution in [0.15, 0.2) is 41.7 Å². The van der Waals surface area contributed by atoms with Crippen LogP contribution in [-0.4, -0.2) is 16.0 Å². The minimum atomic E-state index is -0.248. The van der Waals surface area contributed by atoms with Gasteiger partial charge < -0.3 is 16.3 Å². The summed E-state index contributed by atoms with van der Waals surface area (Å²) >= 11 is 0. The highest BCUT2D eigenvalue weighted by atomic mass is 19.1. The number of aromatic nitrogens is 1. The number of hydrogen-bond donors (Lipinski definition) is 3. The number of nitrogens with one attached hydrogen (secondary N) is 1. The first-order valence-electron chi connectivity index (χ1n) is 6.03. The lowest BCUT2D eigenvalue weighted by molar-refractivity contribution is 0.318. The number of nitrogens with zero attached hydrogens (tertiary/aromatic N) is 2. The second-order valence-corrected chi connectivity index (χ2v) is 4.35. The molecule has 0 radical (unpaired) electrons. The van der Waals surface area contributed by atoms with E-state index in [0.29, 0.717) is 23.5 Å². The zero-order chi connectivity index (χ0) is 14.5. The van der Waals surface area contributed by atoms with Gasteiger partial charge in [0.2, 0.25) is 0 Å². The largest absolute Gasteiger partial charge is 0.409 e. The third kappa shape index (κ3) is 3.23. The van der Waals surface area contributed by atoms with Crippen molar-refractivity contribution in [3.8, 4) is 0 Å². The van der Waals surface area contributed by atoms with Crippen LogP contribution < -0.4 is 11.1 Å². The van der Waals surface area contributed by atoms with Crippen molar-refractivity contribution in [3.05, 3.63) is 59.2 Å². The minimum Gasteiger partial charge on any atom is -0.409 e. The number of halogens is 1. The first kappa shape index (κ1) is 13.8. The van der Waals surface area contributed by atoms with Crippen LogP contribution >= 0.6 is 0 Å². The summed E-state index contributed by atoms with van der Waals surface area (Å²) in [5.74, 6) is -0.296. The molecule has 4 N–H and O–H groups in total. The lowest BCUT2D eigenvalue weighted by Gasteiger charge is -2.08. The lowest BCUT2D eigenvalue weighted by Crippen LogP contribution is -2.15. The van der Waals surface area contributed by atoms with Gasteiger partial charge in [-0.25, -0.2) is 4.39 Å². The molecule has 20 heavy (non-hydrogen) atoms. The summed E-state index contributed by atoms with van der Waals surface area (Å²) < 4.78 is 13.4. The fourth-order valence-corrected chi connectivity index (χ4v) is 1.68. The maximum Gasteiger partial charge on any atom is 0.188 e. The average Bonchev–Trinajstić information content (AvgIpc) is 2.48. The van der Waals surface area contributed by atoms with Gasteiger partial charge in [-0.2, -0.15) is 0 Å². The molecule has 6 heteroatoms. The molecule has 5 nitrogen and oxygen atoms in total. The topological polar surface area (TPSA) is 83.5 Å². The molecule has 0 spiro atoms. The van der Waals surface area contributed by atoms with Crippen molar-refractivity contribution in [2.45, 2.75) is 13.5 Å². The van der Waals surface area contributed by atoms with Crippen molar-refractivity contribution in [3.63, 3.8) is 0 Å². The predicted octanol–water partition coefficient (Wildman–Crippen LogP) is 2.24. The number of hydrogen-bond acceptors (Lipinski definition) is 4. The maximum absolute atomic E-state index is 13.4. The maximum atomic E-state index is 13.4. The molecule has 0 aliphatic heterocycles. The monoisotopic (exact) mass is 274 g/mol. The van der Waals surface area contributed by atoms with Gasteiger partial charge in [0, 0.05) is 18.4 Å². The summed E-state index contributed by atoms with van der Waals surface area (Å²) in [4.78, 5) is 3.99. The van der Waals surface area contributed by atoms with Gasteiger partial charge in [-0.05, 0) is 42.3 Å². The van der Waals surface area contributed by atoms with Gasteiger partial charge in [0.05, 0.1) is 0 Å². The Labute approximate surface area is 116 Å². The zero-order valence-corrected chi connectivity index (χ0v) is 11.0. The van der Waals surface area contributed by atoms with Crippen molar-refractivity contribution in [2.24, 2.45) is 10.9 Å².